The average Bonchev–Trinajstić information content (AvgIpc) is 2.83. The van der Waals surface area contributed by atoms with Gasteiger partial charge >= 0.3 is 0 Å². The van der Waals surface area contributed by atoms with Gasteiger partial charge in [-0.1, -0.05) is 24.3 Å². The van der Waals surface area contributed by atoms with Crippen molar-refractivity contribution in [3.8, 4) is 34.6 Å². The van der Waals surface area contributed by atoms with Crippen LogP contribution >= 0.6 is 12.2 Å². The summed E-state index contributed by atoms with van der Waals surface area (Å²) in [5, 5.41) is 20.5. The number of H-pyrrole nitrogens is 1. The van der Waals surface area contributed by atoms with E-state index in [1.807, 2.05) is 30.3 Å². The number of phenols is 1. The van der Waals surface area contributed by atoms with Gasteiger partial charge < -0.3 is 19.7 Å². The van der Waals surface area contributed by atoms with Crippen molar-refractivity contribution in [1.29, 1.82) is 0 Å². The zero-order valence-corrected chi connectivity index (χ0v) is 18.9. The van der Waals surface area contributed by atoms with Crippen molar-refractivity contribution < 1.29 is 19.7 Å². The van der Waals surface area contributed by atoms with Gasteiger partial charge in [-0.15, -0.1) is 5.73 Å². The summed E-state index contributed by atoms with van der Waals surface area (Å²) in [6.07, 6.45) is 2.94. The Bertz CT molecular complexity index is 1500. The first-order chi connectivity index (χ1) is 16.5. The van der Waals surface area contributed by atoms with Crippen LogP contribution in [-0.4, -0.2) is 26.9 Å². The summed E-state index contributed by atoms with van der Waals surface area (Å²) < 4.78 is 12.3. The third kappa shape index (κ3) is 4.94. The van der Waals surface area contributed by atoms with Gasteiger partial charge in [0.15, 0.2) is 16.3 Å². The molecule has 0 aliphatic rings. The van der Waals surface area contributed by atoms with Gasteiger partial charge in [0.25, 0.3) is 5.56 Å². The minimum absolute atomic E-state index is 0.0137. The van der Waals surface area contributed by atoms with E-state index < -0.39 is 5.56 Å². The minimum atomic E-state index is -0.549. The fraction of sp³-hybridized carbons (Fsp3) is 0.0385. The maximum absolute atomic E-state index is 12.4. The molecular weight excluding hydrogens is 452 g/mol. The second-order valence-electron chi connectivity index (χ2n) is 7.13. The molecule has 0 fully saturated rings. The number of nitrogens with zero attached hydrogens (tertiary/aromatic N) is 1. The van der Waals surface area contributed by atoms with Crippen LogP contribution in [0.3, 0.4) is 0 Å². The Morgan fingerprint density at radius 1 is 0.971 bits per heavy atom. The predicted octanol–water partition coefficient (Wildman–Crippen LogP) is 5.43. The van der Waals surface area contributed by atoms with Gasteiger partial charge in [-0.05, 0) is 78.5 Å². The molecule has 34 heavy (non-hydrogen) atoms. The summed E-state index contributed by atoms with van der Waals surface area (Å²) in [7, 11) is 1.45. The minimum Gasteiger partial charge on any atom is -0.504 e. The molecule has 7 nitrogen and oxygen atoms in total. The first kappa shape index (κ1) is 22.7. The molecule has 170 valence electrons. The summed E-state index contributed by atoms with van der Waals surface area (Å²) in [6.45, 7) is 0. The number of benzene rings is 3. The lowest BCUT2D eigenvalue weighted by molar-refractivity contribution is 0.373. The summed E-state index contributed by atoms with van der Waals surface area (Å²) in [4.78, 5) is 15.0. The van der Waals surface area contributed by atoms with Gasteiger partial charge in [-0.25, -0.2) is 0 Å². The molecule has 8 heteroatoms. The van der Waals surface area contributed by atoms with E-state index in [4.69, 9.17) is 21.7 Å². The van der Waals surface area contributed by atoms with Crippen molar-refractivity contribution in [1.82, 2.24) is 9.55 Å². The maximum atomic E-state index is 12.4. The van der Waals surface area contributed by atoms with Gasteiger partial charge in [0.05, 0.1) is 12.8 Å². The lowest BCUT2D eigenvalue weighted by Gasteiger charge is -2.12. The number of ether oxygens (including phenoxy) is 2. The number of nitrogens with one attached hydrogen (secondary N) is 1. The van der Waals surface area contributed by atoms with E-state index in [9.17, 15) is 15.0 Å². The number of para-hydroxylation sites is 1. The molecule has 0 spiro atoms. The number of hydrogen-bond acceptors (Lipinski definition) is 6. The number of aromatic nitrogens is 2. The molecule has 0 radical (unpaired) electrons. The van der Waals surface area contributed by atoms with Crippen LogP contribution in [0.2, 0.25) is 0 Å². The normalized spacial score (nSPS) is 10.3. The molecule has 0 unspecified atom stereocenters. The summed E-state index contributed by atoms with van der Waals surface area (Å²) >= 11 is 5.27. The van der Waals surface area contributed by atoms with Gasteiger partial charge in [0.2, 0.25) is 5.88 Å². The van der Waals surface area contributed by atoms with Crippen molar-refractivity contribution in [2.75, 3.05) is 7.11 Å². The Morgan fingerprint density at radius 2 is 1.68 bits per heavy atom. The summed E-state index contributed by atoms with van der Waals surface area (Å²) in [6, 6.07) is 21.0. The van der Waals surface area contributed by atoms with Gasteiger partial charge in [0.1, 0.15) is 17.1 Å². The largest absolute Gasteiger partial charge is 0.504 e. The van der Waals surface area contributed by atoms with Crippen LogP contribution in [0.15, 0.2) is 83.3 Å². The van der Waals surface area contributed by atoms with Crippen LogP contribution < -0.4 is 15.0 Å². The van der Waals surface area contributed by atoms with Crippen LogP contribution in [0.5, 0.6) is 28.9 Å². The molecule has 1 aromatic heterocycles. The van der Waals surface area contributed by atoms with Gasteiger partial charge in [0, 0.05) is 0 Å². The molecule has 3 N–H and O–H groups in total. The van der Waals surface area contributed by atoms with Crippen molar-refractivity contribution in [2.45, 2.75) is 0 Å². The lowest BCUT2D eigenvalue weighted by atomic mass is 10.2. The molecule has 0 bridgehead atoms. The molecule has 0 aliphatic carbocycles. The predicted molar refractivity (Wildman–Crippen MR) is 133 cm³/mol. The van der Waals surface area contributed by atoms with Crippen LogP contribution in [-0.2, 0) is 0 Å². The molecule has 1 heterocycles. The highest BCUT2D eigenvalue weighted by atomic mass is 32.1. The third-order valence-electron chi connectivity index (χ3n) is 4.88. The van der Waals surface area contributed by atoms with Crippen LogP contribution in [0.4, 0.5) is 0 Å². The fourth-order valence-corrected chi connectivity index (χ4v) is 3.49. The highest BCUT2D eigenvalue weighted by Gasteiger charge is 2.12. The molecule has 0 saturated carbocycles. The summed E-state index contributed by atoms with van der Waals surface area (Å²) in [5.74, 6) is 1.31. The molecule has 0 aliphatic heterocycles. The van der Waals surface area contributed by atoms with E-state index in [-0.39, 0.29) is 22.0 Å². The Morgan fingerprint density at radius 3 is 2.38 bits per heavy atom. The number of methoxy groups -OCH3 is 1. The topological polar surface area (TPSA) is 96.7 Å². The van der Waals surface area contributed by atoms with Crippen molar-refractivity contribution in [3.05, 3.63) is 105 Å². The van der Waals surface area contributed by atoms with E-state index in [0.717, 1.165) is 0 Å². The van der Waals surface area contributed by atoms with E-state index in [1.54, 1.807) is 42.5 Å². The Balaban J connectivity index is 1.66. The van der Waals surface area contributed by atoms with E-state index in [1.165, 1.54) is 23.8 Å². The highest BCUT2D eigenvalue weighted by molar-refractivity contribution is 7.71. The number of aromatic hydroxyl groups is 2. The van der Waals surface area contributed by atoms with Crippen molar-refractivity contribution in [3.63, 3.8) is 0 Å². The third-order valence-corrected chi connectivity index (χ3v) is 5.16. The Hall–Kier alpha value is -4.52. The maximum Gasteiger partial charge on any atom is 0.263 e. The van der Waals surface area contributed by atoms with E-state index >= 15 is 0 Å². The first-order valence-electron chi connectivity index (χ1n) is 10.2. The zero-order chi connectivity index (χ0) is 24.1. The smallest absolute Gasteiger partial charge is 0.263 e. The van der Waals surface area contributed by atoms with Crippen LogP contribution in [0.25, 0.3) is 17.8 Å². The second-order valence-corrected chi connectivity index (χ2v) is 7.51. The molecule has 4 rings (SSSR count). The standard InChI is InChI=1S/C26H20N2O5S/c1-32-23-16-17(10-15-22(23)29)6-5-9-21-24(30)27-26(34)28(25(21)31)18-11-13-20(14-12-18)33-19-7-3-2-4-8-19/h2-4,6-16,29,31H,1H3,(H,27,30,34). The monoisotopic (exact) mass is 472 g/mol. The second kappa shape index (κ2) is 9.95. The number of rotatable bonds is 6. The fourth-order valence-electron chi connectivity index (χ4n) is 3.20. The van der Waals surface area contributed by atoms with Crippen molar-refractivity contribution >= 4 is 24.4 Å². The van der Waals surface area contributed by atoms with E-state index in [0.29, 0.717) is 28.5 Å². The Labute approximate surface area is 200 Å². The molecule has 3 aromatic carbocycles. The van der Waals surface area contributed by atoms with Crippen molar-refractivity contribution in [2.24, 2.45) is 0 Å². The molecular formula is C26H20N2O5S. The summed E-state index contributed by atoms with van der Waals surface area (Å²) in [5.41, 5.74) is 3.53. The number of hydrogen-bond donors (Lipinski definition) is 3. The average molecular weight is 473 g/mol. The molecule has 4 aromatic rings. The Kier molecular flexibility index (Phi) is 6.64. The van der Waals surface area contributed by atoms with Crippen LogP contribution in [0.1, 0.15) is 11.1 Å². The molecule has 0 atom stereocenters. The van der Waals surface area contributed by atoms with E-state index in [2.05, 4.69) is 10.7 Å². The lowest BCUT2D eigenvalue weighted by Crippen LogP contribution is -2.15. The van der Waals surface area contributed by atoms with Crippen LogP contribution in [0, 0.1) is 4.77 Å². The number of phenolic OH excluding ortho intramolecular Hbond substituents is 1. The van der Waals surface area contributed by atoms with Gasteiger partial charge in [-0.3, -0.25) is 14.3 Å². The quantitative estimate of drug-likeness (QED) is 0.256. The van der Waals surface area contributed by atoms with Gasteiger partial charge in [-0.2, -0.15) is 0 Å². The number of aromatic amines is 1. The highest BCUT2D eigenvalue weighted by Crippen LogP contribution is 2.27. The first-order valence-corrected chi connectivity index (χ1v) is 10.6. The zero-order valence-electron chi connectivity index (χ0n) is 18.1. The molecule has 0 amide bonds. The molecule has 0 saturated heterocycles. The SMILES string of the molecule is COc1cc(C=C=Cc2c(O)n(-c3ccc(Oc4ccccc4)cc3)c(=S)[nH]c2=O)ccc1O.